The lowest BCUT2D eigenvalue weighted by Gasteiger charge is -2.26. The number of para-hydroxylation sites is 1. The highest BCUT2D eigenvalue weighted by molar-refractivity contribution is 5.50. The van der Waals surface area contributed by atoms with E-state index in [1.54, 1.807) is 12.1 Å². The van der Waals surface area contributed by atoms with Gasteiger partial charge in [0.25, 0.3) is 0 Å². The van der Waals surface area contributed by atoms with Gasteiger partial charge in [-0.3, -0.25) is 0 Å². The molecule has 0 saturated carbocycles. The molecule has 0 saturated heterocycles. The van der Waals surface area contributed by atoms with Gasteiger partial charge in [0.1, 0.15) is 11.4 Å². The first-order valence-corrected chi connectivity index (χ1v) is 6.44. The van der Waals surface area contributed by atoms with Crippen molar-refractivity contribution in [1.29, 1.82) is 0 Å². The van der Waals surface area contributed by atoms with Crippen LogP contribution in [-0.2, 0) is 12.0 Å². The minimum atomic E-state index is -1.65. The maximum absolute atomic E-state index is 14.0. The predicted molar refractivity (Wildman–Crippen MR) is 70.7 cm³/mol. The zero-order valence-corrected chi connectivity index (χ0v) is 11.0. The van der Waals surface area contributed by atoms with Crippen molar-refractivity contribution in [3.8, 4) is 5.75 Å². The van der Waals surface area contributed by atoms with Crippen molar-refractivity contribution < 1.29 is 18.6 Å². The third kappa shape index (κ3) is 1.88. The number of ether oxygens (including phenoxy) is 1. The topological polar surface area (TPSA) is 29.5 Å². The van der Waals surface area contributed by atoms with Crippen LogP contribution in [0.2, 0.25) is 0 Å². The molecule has 2 nitrogen and oxygen atoms in total. The van der Waals surface area contributed by atoms with Gasteiger partial charge < -0.3 is 9.84 Å². The van der Waals surface area contributed by atoms with E-state index in [2.05, 4.69) is 0 Å². The Bertz CT molecular complexity index is 666. The summed E-state index contributed by atoms with van der Waals surface area (Å²) in [6.45, 7) is 1.98. The molecule has 1 heterocycles. The van der Waals surface area contributed by atoms with Crippen LogP contribution in [-0.4, -0.2) is 11.7 Å². The van der Waals surface area contributed by atoms with Crippen molar-refractivity contribution in [2.75, 3.05) is 6.61 Å². The quantitative estimate of drug-likeness (QED) is 0.913. The molecule has 1 N–H and O–H groups in total. The predicted octanol–water partition coefficient (Wildman–Crippen LogP) is 3.16. The third-order valence-electron chi connectivity index (χ3n) is 3.71. The van der Waals surface area contributed by atoms with E-state index < -0.39 is 17.2 Å². The number of hydrogen-bond donors (Lipinski definition) is 1. The Morgan fingerprint density at radius 2 is 1.80 bits per heavy atom. The summed E-state index contributed by atoms with van der Waals surface area (Å²) in [5.74, 6) is -1.44. The standard InChI is InChI=1S/C16H14F2O2/c1-16(19,11-5-3-7-13(17)14(11)18)12-6-2-4-10-8-9-20-15(10)12/h2-7,19H,8-9H2,1H3. The van der Waals surface area contributed by atoms with E-state index in [-0.39, 0.29) is 5.56 Å². The van der Waals surface area contributed by atoms with E-state index in [1.165, 1.54) is 19.1 Å². The Labute approximate surface area is 115 Å². The van der Waals surface area contributed by atoms with E-state index in [0.717, 1.165) is 18.1 Å². The number of halogens is 2. The number of hydrogen-bond acceptors (Lipinski definition) is 2. The number of benzene rings is 2. The third-order valence-corrected chi connectivity index (χ3v) is 3.71. The van der Waals surface area contributed by atoms with Crippen LogP contribution in [0.15, 0.2) is 36.4 Å². The van der Waals surface area contributed by atoms with Crippen molar-refractivity contribution in [3.63, 3.8) is 0 Å². The molecule has 104 valence electrons. The molecule has 20 heavy (non-hydrogen) atoms. The summed E-state index contributed by atoms with van der Waals surface area (Å²) in [6, 6.07) is 9.16. The Balaban J connectivity index is 2.18. The summed E-state index contributed by atoms with van der Waals surface area (Å²) < 4.78 is 32.9. The summed E-state index contributed by atoms with van der Waals surface area (Å²) in [5.41, 5.74) is -0.319. The van der Waals surface area contributed by atoms with Crippen LogP contribution in [0.3, 0.4) is 0 Å². The minimum Gasteiger partial charge on any atom is -0.493 e. The van der Waals surface area contributed by atoms with Crippen molar-refractivity contribution in [3.05, 3.63) is 64.7 Å². The van der Waals surface area contributed by atoms with E-state index >= 15 is 0 Å². The Kier molecular flexibility index (Phi) is 2.98. The van der Waals surface area contributed by atoms with Crippen LogP contribution >= 0.6 is 0 Å². The number of rotatable bonds is 2. The van der Waals surface area contributed by atoms with Crippen LogP contribution in [0.25, 0.3) is 0 Å². The number of aliphatic hydroxyl groups is 1. The van der Waals surface area contributed by atoms with Gasteiger partial charge in [-0.1, -0.05) is 30.3 Å². The van der Waals surface area contributed by atoms with Gasteiger partial charge in [-0.05, 0) is 18.6 Å². The molecule has 4 heteroatoms. The minimum absolute atomic E-state index is 0.0959. The first-order valence-electron chi connectivity index (χ1n) is 6.44. The van der Waals surface area contributed by atoms with Gasteiger partial charge in [0.2, 0.25) is 0 Å². The molecule has 0 aliphatic carbocycles. The lowest BCUT2D eigenvalue weighted by atomic mass is 9.86. The molecule has 2 aromatic carbocycles. The van der Waals surface area contributed by atoms with Crippen molar-refractivity contribution in [2.24, 2.45) is 0 Å². The first-order chi connectivity index (χ1) is 9.51. The Hall–Kier alpha value is -1.94. The summed E-state index contributed by atoms with van der Waals surface area (Å²) in [5, 5.41) is 10.7. The van der Waals surface area contributed by atoms with Crippen molar-refractivity contribution in [1.82, 2.24) is 0 Å². The lowest BCUT2D eigenvalue weighted by Crippen LogP contribution is -2.25. The molecule has 0 spiro atoms. The summed E-state index contributed by atoms with van der Waals surface area (Å²) >= 11 is 0. The smallest absolute Gasteiger partial charge is 0.165 e. The summed E-state index contributed by atoms with van der Waals surface area (Å²) in [7, 11) is 0. The molecule has 0 radical (unpaired) electrons. The highest BCUT2D eigenvalue weighted by atomic mass is 19.2. The van der Waals surface area contributed by atoms with Gasteiger partial charge in [-0.2, -0.15) is 0 Å². The molecule has 2 aromatic rings. The van der Waals surface area contributed by atoms with Crippen LogP contribution in [0.4, 0.5) is 8.78 Å². The van der Waals surface area contributed by atoms with Gasteiger partial charge in [0, 0.05) is 17.5 Å². The van der Waals surface area contributed by atoms with E-state index in [9.17, 15) is 13.9 Å². The fourth-order valence-electron chi connectivity index (χ4n) is 2.62. The molecule has 0 fully saturated rings. The maximum atomic E-state index is 14.0. The van der Waals surface area contributed by atoms with Gasteiger partial charge in [-0.25, -0.2) is 8.78 Å². The molecule has 0 amide bonds. The second kappa shape index (κ2) is 4.56. The molecule has 3 rings (SSSR count). The lowest BCUT2D eigenvalue weighted by molar-refractivity contribution is 0.0937. The molecule has 0 aromatic heterocycles. The zero-order valence-electron chi connectivity index (χ0n) is 11.0. The summed E-state index contributed by atoms with van der Waals surface area (Å²) in [4.78, 5) is 0. The van der Waals surface area contributed by atoms with Crippen molar-refractivity contribution in [2.45, 2.75) is 18.9 Å². The van der Waals surface area contributed by atoms with Gasteiger partial charge in [0.15, 0.2) is 11.6 Å². The molecule has 1 atom stereocenters. The molecular formula is C16H14F2O2. The van der Waals surface area contributed by atoms with E-state index in [1.807, 2.05) is 6.07 Å². The van der Waals surface area contributed by atoms with Crippen LogP contribution in [0.5, 0.6) is 5.75 Å². The normalized spacial score (nSPS) is 16.4. The largest absolute Gasteiger partial charge is 0.493 e. The maximum Gasteiger partial charge on any atom is 0.165 e. The highest BCUT2D eigenvalue weighted by Crippen LogP contribution is 2.40. The number of fused-ring (bicyclic) bond motifs is 1. The van der Waals surface area contributed by atoms with Crippen molar-refractivity contribution >= 4 is 0 Å². The second-order valence-electron chi connectivity index (χ2n) is 5.07. The van der Waals surface area contributed by atoms with Crippen LogP contribution < -0.4 is 4.74 Å². The van der Waals surface area contributed by atoms with Crippen LogP contribution in [0.1, 0.15) is 23.6 Å². The Morgan fingerprint density at radius 1 is 1.10 bits per heavy atom. The fraction of sp³-hybridized carbons (Fsp3) is 0.250. The second-order valence-corrected chi connectivity index (χ2v) is 5.07. The monoisotopic (exact) mass is 276 g/mol. The Morgan fingerprint density at radius 3 is 2.60 bits per heavy atom. The van der Waals surface area contributed by atoms with E-state index in [0.29, 0.717) is 17.9 Å². The molecule has 0 bridgehead atoms. The average Bonchev–Trinajstić information content (AvgIpc) is 2.89. The van der Waals surface area contributed by atoms with Gasteiger partial charge in [-0.15, -0.1) is 0 Å². The molecule has 1 aliphatic heterocycles. The van der Waals surface area contributed by atoms with Gasteiger partial charge >= 0.3 is 0 Å². The van der Waals surface area contributed by atoms with E-state index in [4.69, 9.17) is 4.74 Å². The fourth-order valence-corrected chi connectivity index (χ4v) is 2.62. The summed E-state index contributed by atoms with van der Waals surface area (Å²) in [6.07, 6.45) is 0.755. The molecule has 1 unspecified atom stereocenters. The van der Waals surface area contributed by atoms with Crippen LogP contribution in [0, 0.1) is 11.6 Å². The first kappa shape index (κ1) is 13.1. The molecular weight excluding hydrogens is 262 g/mol. The SMILES string of the molecule is CC(O)(c1cccc(F)c1F)c1cccc2c1OCC2. The average molecular weight is 276 g/mol. The zero-order chi connectivity index (χ0) is 14.3. The van der Waals surface area contributed by atoms with Gasteiger partial charge in [0.05, 0.1) is 6.61 Å². The molecule has 1 aliphatic rings. The highest BCUT2D eigenvalue weighted by Gasteiger charge is 2.34.